The van der Waals surface area contributed by atoms with Crippen LogP contribution in [0, 0.1) is 46.0 Å². The van der Waals surface area contributed by atoms with E-state index in [1.165, 1.54) is 0 Å². The van der Waals surface area contributed by atoms with Crippen LogP contribution >= 0.6 is 0 Å². The number of hydrogen-bond acceptors (Lipinski definition) is 9. The van der Waals surface area contributed by atoms with Crippen LogP contribution in [0.25, 0.3) is 0 Å². The first-order valence-electron chi connectivity index (χ1n) is 1.64. The van der Waals surface area contributed by atoms with E-state index in [2.05, 4.69) is 0 Å². The molecule has 0 amide bonds. The molecule has 0 bridgehead atoms. The maximum Gasteiger partial charge on any atom is 3.00 e. The number of hydrogen-bond donors (Lipinski definition) is 0. The van der Waals surface area contributed by atoms with Crippen molar-refractivity contribution < 1.29 is 90.4 Å². The van der Waals surface area contributed by atoms with Crippen LogP contribution in [0.1, 0.15) is 0 Å². The predicted molar refractivity (Wildman–Crippen MR) is 63.6 cm³/mol. The second kappa shape index (κ2) is 124. The van der Waals surface area contributed by atoms with Crippen LogP contribution < -0.4 is 0 Å². The zero-order valence-electron chi connectivity index (χ0n) is 10.1. The minimum absolute atomic E-state index is 0. The molecule has 0 aromatic carbocycles. The van der Waals surface area contributed by atoms with Crippen molar-refractivity contribution in [3.05, 3.63) is 46.0 Å². The van der Waals surface area contributed by atoms with Crippen molar-refractivity contribution in [3.63, 3.8) is 0 Å². The summed E-state index contributed by atoms with van der Waals surface area (Å²) in [5.74, 6) is 0. The summed E-state index contributed by atoms with van der Waals surface area (Å²) in [6.45, 7) is 0. The molecule has 0 saturated heterocycles. The van der Waals surface area contributed by atoms with Gasteiger partial charge in [0.1, 0.15) is 0 Å². The average molecular weight is 393 g/mol. The third-order valence-corrected chi connectivity index (χ3v) is 0. The van der Waals surface area contributed by atoms with Gasteiger partial charge >= 0.3 is 25.8 Å². The van der Waals surface area contributed by atoms with Crippen molar-refractivity contribution >= 4 is 0 Å². The molecule has 0 fully saturated rings. The quantitative estimate of drug-likeness (QED) is 0.278. The first-order valence-corrected chi connectivity index (χ1v) is 1.64. The molecule has 0 aliphatic heterocycles. The van der Waals surface area contributed by atoms with Crippen molar-refractivity contribution in [1.29, 1.82) is 0 Å². The fourth-order valence-electron chi connectivity index (χ4n) is 0. The van der Waals surface area contributed by atoms with Crippen LogP contribution in [0.2, 0.25) is 0 Å². The van der Waals surface area contributed by atoms with Gasteiger partial charge in [-0.15, -0.1) is 0 Å². The Balaban J connectivity index is -0.00000000409. The minimum atomic E-state index is -1.75. The van der Waals surface area contributed by atoms with Crippen molar-refractivity contribution in [2.75, 3.05) is 0 Å². The molecule has 0 aromatic heterocycles. The second-order valence-corrected chi connectivity index (χ2v) is 0.671. The van der Waals surface area contributed by atoms with Crippen LogP contribution in [0.4, 0.5) is 0 Å². The Morgan fingerprint density at radius 1 is 0.364 bits per heavy atom. The Kier molecular flexibility index (Phi) is 819. The minimum Gasteiger partial charge on any atom is -0.412 e. The monoisotopic (exact) mass is 393 g/mol. The zero-order chi connectivity index (χ0) is 10.7. The molecule has 18 N–H and O–H groups in total. The molecule has 0 rings (SSSR count). The Bertz CT molecular complexity index is 116. The summed E-state index contributed by atoms with van der Waals surface area (Å²) in [5, 5.41) is 44.2. The van der Waals surface area contributed by atoms with E-state index in [1.54, 1.807) is 0 Å². The van der Waals surface area contributed by atoms with Gasteiger partial charge in [0.25, 0.3) is 0 Å². The van der Waals surface area contributed by atoms with Crippen molar-refractivity contribution in [3.8, 4) is 0 Å². The molecule has 0 saturated carbocycles. The smallest absolute Gasteiger partial charge is 0.412 e. The van der Waals surface area contributed by atoms with E-state index in [0.29, 0.717) is 0 Å². The molecular formula is H18N3O18Sc. The summed E-state index contributed by atoms with van der Waals surface area (Å²) < 4.78 is 0. The predicted octanol–water partition coefficient (Wildman–Crippen LogP) is -8.14. The maximum atomic E-state index is 8.25. The first-order chi connectivity index (χ1) is 5.20. The van der Waals surface area contributed by atoms with Gasteiger partial charge in [-0.1, -0.05) is 0 Å². The molecule has 0 aromatic rings. The summed E-state index contributed by atoms with van der Waals surface area (Å²) in [6, 6.07) is 0. The Morgan fingerprint density at radius 3 is 0.364 bits per heavy atom. The van der Waals surface area contributed by atoms with E-state index in [-0.39, 0.29) is 75.1 Å². The zero-order valence-corrected chi connectivity index (χ0v) is 11.9. The molecule has 22 heteroatoms. The fourth-order valence-corrected chi connectivity index (χ4v) is 0. The van der Waals surface area contributed by atoms with Crippen molar-refractivity contribution in [2.45, 2.75) is 0 Å². The van der Waals surface area contributed by atoms with E-state index in [1.807, 2.05) is 0 Å². The van der Waals surface area contributed by atoms with Gasteiger partial charge in [0.05, 0.1) is 15.3 Å². The van der Waals surface area contributed by atoms with E-state index in [4.69, 9.17) is 46.0 Å². The van der Waals surface area contributed by atoms with Crippen LogP contribution in [0.15, 0.2) is 0 Å². The van der Waals surface area contributed by atoms with Gasteiger partial charge in [0.2, 0.25) is 0 Å². The molecule has 0 atom stereocenters. The van der Waals surface area contributed by atoms with Crippen LogP contribution in [-0.2, 0) is 25.8 Å². The van der Waals surface area contributed by atoms with Gasteiger partial charge in [-0.2, -0.15) is 0 Å². The molecule has 0 aliphatic rings. The molecule has 0 unspecified atom stereocenters. The summed E-state index contributed by atoms with van der Waals surface area (Å²) in [6.07, 6.45) is 0. The molecule has 21 nitrogen and oxygen atoms in total. The third-order valence-electron chi connectivity index (χ3n) is 0. The van der Waals surface area contributed by atoms with Gasteiger partial charge in [-0.05, 0) is 0 Å². The molecule has 0 spiro atoms. The van der Waals surface area contributed by atoms with Gasteiger partial charge in [0.15, 0.2) is 0 Å². The molecule has 0 aliphatic carbocycles. The first kappa shape index (κ1) is 145. The molecular weight excluding hydrogens is 375 g/mol. The number of rotatable bonds is 0. The Hall–Kier alpha value is -1.89. The van der Waals surface area contributed by atoms with Crippen molar-refractivity contribution in [2.24, 2.45) is 0 Å². The topological polar surface area (TPSA) is 482 Å². The third kappa shape index (κ3) is 1480. The van der Waals surface area contributed by atoms with Crippen LogP contribution in [0.3, 0.4) is 0 Å². The van der Waals surface area contributed by atoms with E-state index in [0.717, 1.165) is 0 Å². The van der Waals surface area contributed by atoms with Gasteiger partial charge in [0, 0.05) is 0 Å². The number of nitrogens with zero attached hydrogens (tertiary/aromatic N) is 3. The molecule has 144 valence electrons. The SMILES string of the molecule is O.O.O.O.O.O.O.O.O.O=[N+]([O-])[O-].O=[N+]([O-])[O-].O=[N+]([O-])[O-].[Sc+3]. The average Bonchev–Trinajstić information content (AvgIpc) is 1.54. The molecule has 0 radical (unpaired) electrons. The Labute approximate surface area is 137 Å². The largest absolute Gasteiger partial charge is 3.00 e. The van der Waals surface area contributed by atoms with Gasteiger partial charge in [-0.25, -0.2) is 0 Å². The van der Waals surface area contributed by atoms with E-state index in [9.17, 15) is 0 Å². The molecule has 0 heterocycles. The normalized spacial score (nSPS) is 3.27. The fraction of sp³-hybridized carbons (Fsp3) is 0. The maximum absolute atomic E-state index is 8.25. The Morgan fingerprint density at radius 2 is 0.364 bits per heavy atom. The van der Waals surface area contributed by atoms with E-state index < -0.39 is 15.3 Å². The van der Waals surface area contributed by atoms with Crippen molar-refractivity contribution in [1.82, 2.24) is 0 Å². The van der Waals surface area contributed by atoms with Crippen LogP contribution in [0.5, 0.6) is 0 Å². The summed E-state index contributed by atoms with van der Waals surface area (Å²) in [7, 11) is 0. The van der Waals surface area contributed by atoms with Gasteiger partial charge < -0.3 is 95.3 Å². The summed E-state index contributed by atoms with van der Waals surface area (Å²) >= 11 is 0. The summed E-state index contributed by atoms with van der Waals surface area (Å²) in [5.41, 5.74) is 0. The standard InChI is InChI=1S/3NO3.9H2O.Sc/c3*2-1(3)4;;;;;;;;;;/h;;;9*1H2;/q3*-1;;;;;;;;;;+3. The summed E-state index contributed by atoms with van der Waals surface area (Å²) in [4.78, 5) is 24.8. The van der Waals surface area contributed by atoms with E-state index >= 15 is 0 Å². The van der Waals surface area contributed by atoms with Gasteiger partial charge in [-0.3, -0.25) is 0 Å². The second-order valence-electron chi connectivity index (χ2n) is 0.671. The van der Waals surface area contributed by atoms with Crippen LogP contribution in [-0.4, -0.2) is 64.5 Å². The molecule has 22 heavy (non-hydrogen) atoms.